The highest BCUT2D eigenvalue weighted by atomic mass is 16.6. The van der Waals surface area contributed by atoms with Crippen LogP contribution in [-0.4, -0.2) is 49.7 Å². The van der Waals surface area contributed by atoms with Gasteiger partial charge in [0, 0.05) is 32.2 Å². The van der Waals surface area contributed by atoms with Crippen molar-refractivity contribution in [2.75, 3.05) is 44.7 Å². The van der Waals surface area contributed by atoms with Crippen LogP contribution >= 0.6 is 0 Å². The van der Waals surface area contributed by atoms with Gasteiger partial charge < -0.3 is 14.5 Å². The van der Waals surface area contributed by atoms with Crippen molar-refractivity contribution in [1.82, 2.24) is 4.90 Å². The minimum absolute atomic E-state index is 0.0778. The Morgan fingerprint density at radius 2 is 2.00 bits per heavy atom. The van der Waals surface area contributed by atoms with E-state index in [4.69, 9.17) is 4.74 Å². The van der Waals surface area contributed by atoms with Gasteiger partial charge in [-0.1, -0.05) is 6.92 Å². The van der Waals surface area contributed by atoms with Gasteiger partial charge in [0.15, 0.2) is 0 Å². The average Bonchev–Trinajstić information content (AvgIpc) is 2.45. The van der Waals surface area contributed by atoms with Gasteiger partial charge in [-0.2, -0.15) is 0 Å². The summed E-state index contributed by atoms with van der Waals surface area (Å²) in [6.45, 7) is 6.40. The Bertz CT molecular complexity index is 471. The molecular formula is C14H21N3O3. The number of piperazine rings is 1. The van der Waals surface area contributed by atoms with E-state index in [0.29, 0.717) is 12.4 Å². The fourth-order valence-electron chi connectivity index (χ4n) is 2.25. The van der Waals surface area contributed by atoms with Gasteiger partial charge in [0.05, 0.1) is 23.3 Å². The molecule has 0 saturated carbocycles. The molecule has 1 heterocycles. The molecule has 0 amide bonds. The highest BCUT2D eigenvalue weighted by Crippen LogP contribution is 2.33. The maximum Gasteiger partial charge on any atom is 0.273 e. The largest absolute Gasteiger partial charge is 0.491 e. The molecule has 0 aromatic heterocycles. The first kappa shape index (κ1) is 14.6. The van der Waals surface area contributed by atoms with Crippen molar-refractivity contribution >= 4 is 11.4 Å². The van der Waals surface area contributed by atoms with Crippen LogP contribution in [0.15, 0.2) is 18.2 Å². The van der Waals surface area contributed by atoms with E-state index in [-0.39, 0.29) is 10.6 Å². The van der Waals surface area contributed by atoms with Crippen LogP contribution in [0.4, 0.5) is 11.4 Å². The normalized spacial score (nSPS) is 16.2. The number of nitro groups is 1. The molecule has 0 unspecified atom stereocenters. The molecule has 2 rings (SSSR count). The van der Waals surface area contributed by atoms with Crippen LogP contribution in [0.2, 0.25) is 0 Å². The number of nitrogens with zero attached hydrogens (tertiary/aromatic N) is 3. The van der Waals surface area contributed by atoms with Crippen molar-refractivity contribution in [3.05, 3.63) is 28.3 Å². The lowest BCUT2D eigenvalue weighted by molar-refractivity contribution is -0.384. The van der Waals surface area contributed by atoms with Crippen LogP contribution in [0.5, 0.6) is 5.75 Å². The van der Waals surface area contributed by atoms with Gasteiger partial charge in [0.25, 0.3) is 5.69 Å². The maximum atomic E-state index is 10.9. The molecule has 0 aliphatic carbocycles. The van der Waals surface area contributed by atoms with Gasteiger partial charge in [0.2, 0.25) is 0 Å². The third kappa shape index (κ3) is 3.39. The van der Waals surface area contributed by atoms with Gasteiger partial charge >= 0.3 is 0 Å². The number of rotatable bonds is 5. The highest BCUT2D eigenvalue weighted by molar-refractivity contribution is 5.62. The van der Waals surface area contributed by atoms with Crippen LogP contribution in [0.1, 0.15) is 13.3 Å². The summed E-state index contributed by atoms with van der Waals surface area (Å²) in [5, 5.41) is 10.9. The number of hydrogen-bond donors (Lipinski definition) is 0. The van der Waals surface area contributed by atoms with E-state index in [2.05, 4.69) is 16.8 Å². The van der Waals surface area contributed by atoms with E-state index in [1.165, 1.54) is 6.07 Å². The quantitative estimate of drug-likeness (QED) is 0.610. The standard InChI is InChI=1S/C14H21N3O3/c1-3-10-20-14-11-12(17(18)19)4-5-13(14)16-8-6-15(2)7-9-16/h4-5,11H,3,6-10H2,1-2H3. The number of hydrogen-bond acceptors (Lipinski definition) is 5. The van der Waals surface area contributed by atoms with Crippen LogP contribution in [0, 0.1) is 10.1 Å². The number of likely N-dealkylation sites (N-methyl/N-ethyl adjacent to an activating group) is 1. The molecule has 1 aliphatic heterocycles. The minimum Gasteiger partial charge on any atom is -0.491 e. The fourth-order valence-corrected chi connectivity index (χ4v) is 2.25. The molecule has 110 valence electrons. The summed E-state index contributed by atoms with van der Waals surface area (Å²) in [5.74, 6) is 0.616. The van der Waals surface area contributed by atoms with E-state index in [1.54, 1.807) is 12.1 Å². The van der Waals surface area contributed by atoms with Gasteiger partial charge in [-0.15, -0.1) is 0 Å². The molecule has 20 heavy (non-hydrogen) atoms. The van der Waals surface area contributed by atoms with Gasteiger partial charge in [0.1, 0.15) is 5.75 Å². The Kier molecular flexibility index (Phi) is 4.79. The first-order valence-electron chi connectivity index (χ1n) is 6.96. The van der Waals surface area contributed by atoms with E-state index < -0.39 is 0 Å². The van der Waals surface area contributed by atoms with Gasteiger partial charge in [-0.3, -0.25) is 10.1 Å². The van der Waals surface area contributed by atoms with Crippen LogP contribution < -0.4 is 9.64 Å². The van der Waals surface area contributed by atoms with E-state index in [0.717, 1.165) is 38.3 Å². The van der Waals surface area contributed by atoms with Gasteiger partial charge in [-0.05, 0) is 19.5 Å². The van der Waals surface area contributed by atoms with Crippen molar-refractivity contribution in [1.29, 1.82) is 0 Å². The molecule has 1 aliphatic rings. The Morgan fingerprint density at radius 1 is 1.30 bits per heavy atom. The molecule has 0 radical (unpaired) electrons. The maximum absolute atomic E-state index is 10.9. The van der Waals surface area contributed by atoms with Gasteiger partial charge in [-0.25, -0.2) is 0 Å². The van der Waals surface area contributed by atoms with Crippen molar-refractivity contribution in [2.24, 2.45) is 0 Å². The lowest BCUT2D eigenvalue weighted by atomic mass is 10.2. The summed E-state index contributed by atoms with van der Waals surface area (Å²) in [6.07, 6.45) is 0.880. The highest BCUT2D eigenvalue weighted by Gasteiger charge is 2.20. The van der Waals surface area contributed by atoms with Crippen molar-refractivity contribution in [3.8, 4) is 5.75 Å². The first-order valence-corrected chi connectivity index (χ1v) is 6.96. The average molecular weight is 279 g/mol. The number of non-ortho nitro benzene ring substituents is 1. The lowest BCUT2D eigenvalue weighted by Crippen LogP contribution is -2.44. The molecule has 1 aromatic rings. The summed E-state index contributed by atoms with van der Waals surface area (Å²) in [7, 11) is 2.10. The Balaban J connectivity index is 2.23. The Morgan fingerprint density at radius 3 is 2.60 bits per heavy atom. The zero-order valence-corrected chi connectivity index (χ0v) is 12.0. The summed E-state index contributed by atoms with van der Waals surface area (Å²) in [4.78, 5) is 15.0. The minimum atomic E-state index is -0.382. The molecule has 0 atom stereocenters. The van der Waals surface area contributed by atoms with E-state index >= 15 is 0 Å². The summed E-state index contributed by atoms with van der Waals surface area (Å²) in [6, 6.07) is 4.88. The second kappa shape index (κ2) is 6.56. The van der Waals surface area contributed by atoms with Crippen molar-refractivity contribution in [3.63, 3.8) is 0 Å². The molecule has 1 aromatic carbocycles. The third-order valence-electron chi connectivity index (χ3n) is 3.46. The van der Waals surface area contributed by atoms with Crippen molar-refractivity contribution < 1.29 is 9.66 Å². The zero-order valence-electron chi connectivity index (χ0n) is 12.0. The fraction of sp³-hybridized carbons (Fsp3) is 0.571. The van der Waals surface area contributed by atoms with E-state index in [9.17, 15) is 10.1 Å². The molecule has 0 bridgehead atoms. The monoisotopic (exact) mass is 279 g/mol. The predicted molar refractivity (Wildman–Crippen MR) is 78.6 cm³/mol. The summed E-state index contributed by atoms with van der Waals surface area (Å²) >= 11 is 0. The molecule has 1 saturated heterocycles. The predicted octanol–water partition coefficient (Wildman–Crippen LogP) is 2.14. The molecule has 6 heteroatoms. The number of benzene rings is 1. The molecule has 1 fully saturated rings. The number of nitro benzene ring substituents is 1. The van der Waals surface area contributed by atoms with Crippen LogP contribution in [0.25, 0.3) is 0 Å². The van der Waals surface area contributed by atoms with Crippen molar-refractivity contribution in [2.45, 2.75) is 13.3 Å². The number of anilines is 1. The second-order valence-corrected chi connectivity index (χ2v) is 5.05. The molecule has 6 nitrogen and oxygen atoms in total. The summed E-state index contributed by atoms with van der Waals surface area (Å²) in [5.41, 5.74) is 1.03. The Labute approximate surface area is 119 Å². The zero-order chi connectivity index (χ0) is 14.5. The second-order valence-electron chi connectivity index (χ2n) is 5.05. The smallest absolute Gasteiger partial charge is 0.273 e. The number of ether oxygens (including phenoxy) is 1. The SMILES string of the molecule is CCCOc1cc([N+](=O)[O-])ccc1N1CCN(C)CC1. The van der Waals surface area contributed by atoms with E-state index in [1.807, 2.05) is 6.92 Å². The summed E-state index contributed by atoms with van der Waals surface area (Å²) < 4.78 is 5.70. The molecule has 0 spiro atoms. The molecular weight excluding hydrogens is 258 g/mol. The topological polar surface area (TPSA) is 58.9 Å². The molecule has 0 N–H and O–H groups in total. The van der Waals surface area contributed by atoms with Crippen LogP contribution in [0.3, 0.4) is 0 Å². The first-order chi connectivity index (χ1) is 9.61. The van der Waals surface area contributed by atoms with Crippen LogP contribution in [-0.2, 0) is 0 Å². The Hall–Kier alpha value is -1.82. The lowest BCUT2D eigenvalue weighted by Gasteiger charge is -2.34. The third-order valence-corrected chi connectivity index (χ3v) is 3.46.